The van der Waals surface area contributed by atoms with Crippen molar-refractivity contribution in [3.05, 3.63) is 29.3 Å². The lowest BCUT2D eigenvalue weighted by Gasteiger charge is -2.20. The van der Waals surface area contributed by atoms with Gasteiger partial charge in [-0.25, -0.2) is 21.5 Å². The minimum atomic E-state index is -0.539. The number of hydrogen-bond donors (Lipinski definition) is 3. The fourth-order valence-corrected chi connectivity index (χ4v) is 1.36. The maximum Gasteiger partial charge on any atom is 0.350 e. The first-order chi connectivity index (χ1) is 6.57. The van der Waals surface area contributed by atoms with Crippen LogP contribution < -0.4 is 22.1 Å². The molecule has 1 aromatic carbocycles. The first kappa shape index (κ1) is 10.5. The summed E-state index contributed by atoms with van der Waals surface area (Å²) in [6.45, 7) is 3.76. The van der Waals surface area contributed by atoms with Crippen LogP contribution in [0.15, 0.2) is 18.2 Å². The maximum absolute atomic E-state index is 11.2. The third kappa shape index (κ3) is 1.84. The summed E-state index contributed by atoms with van der Waals surface area (Å²) in [5.41, 5.74) is 4.51. The number of rotatable bonds is 1. The summed E-state index contributed by atoms with van der Waals surface area (Å²) in [4.78, 5) is 11.2. The molecule has 0 aliphatic rings. The molecule has 5 nitrogen and oxygen atoms in total. The van der Waals surface area contributed by atoms with Crippen LogP contribution in [0.2, 0.25) is 0 Å². The van der Waals surface area contributed by atoms with E-state index in [4.69, 9.17) is 11.7 Å². The molecule has 0 aliphatic carbocycles. The van der Waals surface area contributed by atoms with Crippen molar-refractivity contribution in [2.24, 2.45) is 11.7 Å². The van der Waals surface area contributed by atoms with Crippen molar-refractivity contribution >= 4 is 11.7 Å². The van der Waals surface area contributed by atoms with Crippen molar-refractivity contribution < 1.29 is 4.79 Å². The Balaban J connectivity index is 3.11. The molecule has 5 heteroatoms. The lowest BCUT2D eigenvalue weighted by molar-refractivity contribution is 0.246. The first-order valence-electron chi connectivity index (χ1n) is 4.19. The molecule has 0 unspecified atom stereocenters. The van der Waals surface area contributed by atoms with Gasteiger partial charge in [-0.05, 0) is 25.0 Å². The Morgan fingerprint density at radius 2 is 1.86 bits per heavy atom. The van der Waals surface area contributed by atoms with E-state index in [0.29, 0.717) is 5.69 Å². The van der Waals surface area contributed by atoms with Crippen molar-refractivity contribution in [2.45, 2.75) is 13.8 Å². The van der Waals surface area contributed by atoms with Crippen LogP contribution in [0.4, 0.5) is 10.5 Å². The molecule has 2 amide bonds. The fraction of sp³-hybridized carbons (Fsp3) is 0.222. The Morgan fingerprint density at radius 1 is 1.36 bits per heavy atom. The van der Waals surface area contributed by atoms with E-state index >= 15 is 0 Å². The van der Waals surface area contributed by atoms with Crippen LogP contribution in [0.1, 0.15) is 11.1 Å². The molecule has 0 saturated heterocycles. The number of carbonyl (C=O) groups excluding carboxylic acids is 1. The van der Waals surface area contributed by atoms with Gasteiger partial charge in [-0.3, -0.25) is 5.43 Å². The highest BCUT2D eigenvalue weighted by atomic mass is 16.2. The number of nitrogens with two attached hydrogens (primary N) is 2. The predicted molar refractivity (Wildman–Crippen MR) is 55.3 cm³/mol. The Kier molecular flexibility index (Phi) is 3.06. The third-order valence-electron chi connectivity index (χ3n) is 2.02. The molecule has 1 rings (SSSR count). The second kappa shape index (κ2) is 4.08. The van der Waals surface area contributed by atoms with Gasteiger partial charge in [-0.1, -0.05) is 18.2 Å². The summed E-state index contributed by atoms with van der Waals surface area (Å²) in [6, 6.07) is 5.13. The number of carbonyl (C=O) groups is 1. The van der Waals surface area contributed by atoms with Gasteiger partial charge in [0.05, 0.1) is 5.69 Å². The van der Waals surface area contributed by atoms with Gasteiger partial charge in [0.25, 0.3) is 0 Å². The molecule has 0 aliphatic heterocycles. The molecular weight excluding hydrogens is 180 g/mol. The smallest absolute Gasteiger partial charge is 0.274 e. The van der Waals surface area contributed by atoms with E-state index in [1.165, 1.54) is 0 Å². The van der Waals surface area contributed by atoms with Gasteiger partial charge in [-0.15, -0.1) is 0 Å². The number of nitrogens with zero attached hydrogens (tertiary/aromatic N) is 1. The number of hydrazine groups is 2. The highest BCUT2D eigenvalue weighted by Crippen LogP contribution is 2.21. The number of urea groups is 1. The van der Waals surface area contributed by atoms with Crippen LogP contribution >= 0.6 is 0 Å². The summed E-state index contributed by atoms with van der Waals surface area (Å²) in [6.07, 6.45) is 0. The largest absolute Gasteiger partial charge is 0.350 e. The standard InChI is InChI=1S/C9H14N4O/c1-6-4-3-5-7(2)8(6)13(11)9(14)12-10/h3-5H,10-11H2,1-2H3,(H,12,14). The van der Waals surface area contributed by atoms with Gasteiger partial charge in [0.1, 0.15) is 0 Å². The van der Waals surface area contributed by atoms with Crippen LogP contribution in [0, 0.1) is 13.8 Å². The average molecular weight is 194 g/mol. The van der Waals surface area contributed by atoms with Crippen LogP contribution in [0.5, 0.6) is 0 Å². The molecule has 1 aromatic rings. The normalized spacial score (nSPS) is 9.71. The van der Waals surface area contributed by atoms with E-state index in [2.05, 4.69) is 0 Å². The lowest BCUT2D eigenvalue weighted by atomic mass is 10.1. The SMILES string of the molecule is Cc1cccc(C)c1N(N)C(=O)NN. The van der Waals surface area contributed by atoms with Gasteiger partial charge >= 0.3 is 6.03 Å². The van der Waals surface area contributed by atoms with E-state index < -0.39 is 6.03 Å². The van der Waals surface area contributed by atoms with E-state index in [1.807, 2.05) is 37.5 Å². The Hall–Kier alpha value is -1.59. The molecule has 0 atom stereocenters. The average Bonchev–Trinajstić information content (AvgIpc) is 2.16. The Labute approximate surface area is 82.6 Å². The number of nitrogens with one attached hydrogen (secondary N) is 1. The summed E-state index contributed by atoms with van der Waals surface area (Å²) in [5, 5.41) is 1.00. The molecule has 5 N–H and O–H groups in total. The zero-order valence-corrected chi connectivity index (χ0v) is 8.24. The third-order valence-corrected chi connectivity index (χ3v) is 2.02. The van der Waals surface area contributed by atoms with Crippen molar-refractivity contribution in [1.29, 1.82) is 0 Å². The summed E-state index contributed by atoms with van der Waals surface area (Å²) in [7, 11) is 0. The number of benzene rings is 1. The van der Waals surface area contributed by atoms with Crippen LogP contribution in [-0.2, 0) is 0 Å². The van der Waals surface area contributed by atoms with Gasteiger partial charge in [0.2, 0.25) is 0 Å². The molecule has 0 radical (unpaired) electrons. The van der Waals surface area contributed by atoms with Crippen molar-refractivity contribution in [3.8, 4) is 0 Å². The van der Waals surface area contributed by atoms with E-state index in [9.17, 15) is 4.79 Å². The molecule has 0 aromatic heterocycles. The minimum absolute atomic E-state index is 0.539. The molecule has 0 spiro atoms. The first-order valence-corrected chi connectivity index (χ1v) is 4.19. The molecular formula is C9H14N4O. The van der Waals surface area contributed by atoms with E-state index in [-0.39, 0.29) is 0 Å². The van der Waals surface area contributed by atoms with Gasteiger partial charge in [0.15, 0.2) is 0 Å². The number of aryl methyl sites for hydroxylation is 2. The van der Waals surface area contributed by atoms with Crippen LogP contribution in [0.25, 0.3) is 0 Å². The molecule has 0 fully saturated rings. The zero-order chi connectivity index (χ0) is 10.7. The number of hydrogen-bond acceptors (Lipinski definition) is 3. The van der Waals surface area contributed by atoms with Crippen molar-refractivity contribution in [3.63, 3.8) is 0 Å². The second-order valence-electron chi connectivity index (χ2n) is 3.06. The van der Waals surface area contributed by atoms with Gasteiger partial charge < -0.3 is 0 Å². The highest BCUT2D eigenvalue weighted by Gasteiger charge is 2.14. The maximum atomic E-state index is 11.2. The lowest BCUT2D eigenvalue weighted by Crippen LogP contribution is -2.48. The topological polar surface area (TPSA) is 84.4 Å². The van der Waals surface area contributed by atoms with Gasteiger partial charge in [0, 0.05) is 0 Å². The monoisotopic (exact) mass is 194 g/mol. The highest BCUT2D eigenvalue weighted by molar-refractivity contribution is 5.91. The zero-order valence-electron chi connectivity index (χ0n) is 8.24. The molecule has 14 heavy (non-hydrogen) atoms. The summed E-state index contributed by atoms with van der Waals surface area (Å²) in [5.74, 6) is 10.6. The van der Waals surface area contributed by atoms with Crippen molar-refractivity contribution in [2.75, 3.05) is 5.01 Å². The molecule has 0 saturated carbocycles. The molecule has 0 heterocycles. The molecule has 76 valence electrons. The number of amides is 2. The van der Waals surface area contributed by atoms with Crippen LogP contribution in [-0.4, -0.2) is 6.03 Å². The molecule has 0 bridgehead atoms. The van der Waals surface area contributed by atoms with E-state index in [1.54, 1.807) is 0 Å². The quantitative estimate of drug-likeness (QED) is 0.347. The Morgan fingerprint density at radius 3 is 2.29 bits per heavy atom. The number of para-hydroxylation sites is 1. The van der Waals surface area contributed by atoms with Crippen molar-refractivity contribution in [1.82, 2.24) is 5.43 Å². The van der Waals surface area contributed by atoms with E-state index in [0.717, 1.165) is 16.1 Å². The minimum Gasteiger partial charge on any atom is -0.274 e. The summed E-state index contributed by atoms with van der Waals surface area (Å²) >= 11 is 0. The Bertz CT molecular complexity index is 330. The number of anilines is 1. The summed E-state index contributed by atoms with van der Waals surface area (Å²) < 4.78 is 0. The fourth-order valence-electron chi connectivity index (χ4n) is 1.36. The second-order valence-corrected chi connectivity index (χ2v) is 3.06. The predicted octanol–water partition coefficient (Wildman–Crippen LogP) is 0.567. The van der Waals surface area contributed by atoms with Crippen LogP contribution in [0.3, 0.4) is 0 Å². The van der Waals surface area contributed by atoms with Gasteiger partial charge in [-0.2, -0.15) is 0 Å².